The Morgan fingerprint density at radius 3 is 2.24 bits per heavy atom. The monoisotopic (exact) mass is 579 g/mol. The molecule has 0 bridgehead atoms. The minimum absolute atomic E-state index is 0.0663. The molecule has 5 rings (SSSR count). The van der Waals surface area contributed by atoms with E-state index in [1.54, 1.807) is 14.7 Å². The van der Waals surface area contributed by atoms with Gasteiger partial charge in [0.25, 0.3) is 0 Å². The second-order valence-corrected chi connectivity index (χ2v) is 12.3. The Kier molecular flexibility index (Phi) is 8.29. The minimum atomic E-state index is -1.35. The van der Waals surface area contributed by atoms with Gasteiger partial charge in [-0.05, 0) is 57.4 Å². The van der Waals surface area contributed by atoms with Gasteiger partial charge in [0.1, 0.15) is 17.4 Å². The average Bonchev–Trinajstić information content (AvgIpc) is 3.26. The Balaban J connectivity index is 1.66. The highest BCUT2D eigenvalue weighted by atomic mass is 16.5. The molecule has 0 aromatic heterocycles. The number of carbonyl (C=O) groups is 3. The van der Waals surface area contributed by atoms with Gasteiger partial charge in [-0.1, -0.05) is 51.5 Å². The Bertz CT molecular complexity index is 1260. The molecular formula is C33H45N3O6. The lowest BCUT2D eigenvalue weighted by atomic mass is 9.73. The molecule has 1 spiro atoms. The average molecular weight is 580 g/mol. The number of rotatable bonds is 9. The van der Waals surface area contributed by atoms with Gasteiger partial charge in [-0.2, -0.15) is 0 Å². The van der Waals surface area contributed by atoms with Crippen molar-refractivity contribution in [3.8, 4) is 5.75 Å². The number of aliphatic hydroxyl groups is 1. The number of benzene rings is 1. The van der Waals surface area contributed by atoms with Crippen LogP contribution in [0.25, 0.3) is 0 Å². The van der Waals surface area contributed by atoms with Gasteiger partial charge in [-0.25, -0.2) is 0 Å². The topological polar surface area (TPSA) is 99.6 Å². The predicted molar refractivity (Wildman–Crippen MR) is 160 cm³/mol. The summed E-state index contributed by atoms with van der Waals surface area (Å²) < 4.78 is 12.7. The maximum absolute atomic E-state index is 14.8. The summed E-state index contributed by atoms with van der Waals surface area (Å²) >= 11 is 0. The molecule has 42 heavy (non-hydrogen) atoms. The van der Waals surface area contributed by atoms with Crippen LogP contribution in [0.1, 0.15) is 54.4 Å². The Labute approximate surface area is 249 Å². The number of aliphatic hydroxyl groups excluding tert-OH is 1. The molecule has 2 saturated heterocycles. The largest absolute Gasteiger partial charge is 0.494 e. The standard InChI is InChI=1S/C33H45N3O6/c1-7-22(6)25(20-37)36-28-31(40)34(21(4)5)18-11-17-33(28)27(30(36)39)26-29(38)35(19-10-16-32(26,8-2)42-33)23-12-14-24(15-13-23)41-9-3/h10-17,21-22,25-28,37H,7-9,18-20H2,1-6H3/t22-,25-,26+,27-,28?,32-,33-/m0/s1. The zero-order valence-corrected chi connectivity index (χ0v) is 25.7. The quantitative estimate of drug-likeness (QED) is 0.449. The number of hydrogen-bond acceptors (Lipinski definition) is 6. The number of likely N-dealkylation sites (tertiary alicyclic amines) is 1. The molecule has 1 aromatic carbocycles. The molecule has 3 amide bonds. The molecule has 4 aliphatic rings. The fourth-order valence-corrected chi connectivity index (χ4v) is 7.47. The summed E-state index contributed by atoms with van der Waals surface area (Å²) in [4.78, 5) is 48.9. The maximum Gasteiger partial charge on any atom is 0.249 e. The maximum atomic E-state index is 14.8. The fourth-order valence-electron chi connectivity index (χ4n) is 7.47. The molecule has 4 aliphatic heterocycles. The normalized spacial score (nSPS) is 32.0. The third kappa shape index (κ3) is 4.47. The first-order chi connectivity index (χ1) is 20.1. The van der Waals surface area contributed by atoms with Crippen molar-refractivity contribution in [3.05, 3.63) is 48.6 Å². The smallest absolute Gasteiger partial charge is 0.249 e. The van der Waals surface area contributed by atoms with E-state index in [0.717, 1.165) is 0 Å². The second-order valence-electron chi connectivity index (χ2n) is 12.3. The van der Waals surface area contributed by atoms with Crippen LogP contribution in [0, 0.1) is 17.8 Å². The second kappa shape index (κ2) is 11.5. The molecule has 1 unspecified atom stereocenters. The van der Waals surface area contributed by atoms with Crippen LogP contribution in [0.15, 0.2) is 48.6 Å². The first-order valence-electron chi connectivity index (χ1n) is 15.4. The minimum Gasteiger partial charge on any atom is -0.494 e. The van der Waals surface area contributed by atoms with Crippen molar-refractivity contribution in [1.82, 2.24) is 9.80 Å². The van der Waals surface area contributed by atoms with E-state index in [1.165, 1.54) is 0 Å². The molecular weight excluding hydrogens is 534 g/mol. The van der Waals surface area contributed by atoms with Crippen molar-refractivity contribution in [2.45, 2.75) is 83.7 Å². The van der Waals surface area contributed by atoms with E-state index in [4.69, 9.17) is 9.47 Å². The van der Waals surface area contributed by atoms with E-state index in [1.807, 2.05) is 90.1 Å². The van der Waals surface area contributed by atoms with E-state index in [-0.39, 0.29) is 36.3 Å². The zero-order chi connectivity index (χ0) is 30.4. The Morgan fingerprint density at radius 2 is 1.64 bits per heavy atom. The lowest BCUT2D eigenvalue weighted by molar-refractivity contribution is -0.157. The van der Waals surface area contributed by atoms with Crippen LogP contribution in [0.5, 0.6) is 5.75 Å². The number of ether oxygens (including phenoxy) is 2. The van der Waals surface area contributed by atoms with Gasteiger partial charge >= 0.3 is 0 Å². The highest BCUT2D eigenvalue weighted by molar-refractivity contribution is 6.04. The summed E-state index contributed by atoms with van der Waals surface area (Å²) in [6.07, 6.45) is 8.83. The molecule has 0 aliphatic carbocycles. The van der Waals surface area contributed by atoms with Gasteiger partial charge in [0, 0.05) is 24.8 Å². The molecule has 4 heterocycles. The number of amides is 3. The van der Waals surface area contributed by atoms with Crippen molar-refractivity contribution in [2.24, 2.45) is 17.8 Å². The van der Waals surface area contributed by atoms with E-state index in [2.05, 4.69) is 0 Å². The van der Waals surface area contributed by atoms with Crippen LogP contribution in [0.3, 0.4) is 0 Å². The summed E-state index contributed by atoms with van der Waals surface area (Å²) in [6, 6.07) is 5.71. The first kappa shape index (κ1) is 30.3. The van der Waals surface area contributed by atoms with Crippen LogP contribution in [-0.4, -0.2) is 88.3 Å². The van der Waals surface area contributed by atoms with Gasteiger partial charge in [-0.3, -0.25) is 14.4 Å². The van der Waals surface area contributed by atoms with E-state index in [9.17, 15) is 19.5 Å². The van der Waals surface area contributed by atoms with Crippen LogP contribution in [0.4, 0.5) is 5.69 Å². The molecule has 1 aromatic rings. The molecule has 7 atom stereocenters. The third-order valence-electron chi connectivity index (χ3n) is 9.84. The number of fused-ring (bicyclic) bond motifs is 2. The zero-order valence-electron chi connectivity index (χ0n) is 25.7. The number of carbonyl (C=O) groups excluding carboxylic acids is 3. The van der Waals surface area contributed by atoms with Gasteiger partial charge in [0.05, 0.1) is 36.7 Å². The lowest BCUT2D eigenvalue weighted by Gasteiger charge is -2.42. The highest BCUT2D eigenvalue weighted by Gasteiger charge is 2.76. The molecule has 9 nitrogen and oxygen atoms in total. The third-order valence-corrected chi connectivity index (χ3v) is 9.84. The van der Waals surface area contributed by atoms with E-state index >= 15 is 0 Å². The first-order valence-corrected chi connectivity index (χ1v) is 15.4. The summed E-state index contributed by atoms with van der Waals surface area (Å²) in [5.74, 6) is -1.86. The molecule has 1 N–H and O–H groups in total. The Hall–Kier alpha value is -3.17. The lowest BCUT2D eigenvalue weighted by Crippen LogP contribution is -2.60. The van der Waals surface area contributed by atoms with Crippen LogP contribution >= 0.6 is 0 Å². The van der Waals surface area contributed by atoms with E-state index in [0.29, 0.717) is 44.0 Å². The number of anilines is 1. The van der Waals surface area contributed by atoms with Gasteiger partial charge in [-0.15, -0.1) is 0 Å². The Morgan fingerprint density at radius 1 is 0.952 bits per heavy atom. The molecule has 2 fully saturated rings. The predicted octanol–water partition coefficient (Wildman–Crippen LogP) is 3.56. The fraction of sp³-hybridized carbons (Fsp3) is 0.606. The summed E-state index contributed by atoms with van der Waals surface area (Å²) in [7, 11) is 0. The van der Waals surface area contributed by atoms with Crippen LogP contribution < -0.4 is 9.64 Å². The molecule has 0 saturated carbocycles. The van der Waals surface area contributed by atoms with Crippen LogP contribution in [0.2, 0.25) is 0 Å². The van der Waals surface area contributed by atoms with Crippen molar-refractivity contribution in [1.29, 1.82) is 0 Å². The summed E-state index contributed by atoms with van der Waals surface area (Å²) in [5, 5.41) is 10.6. The van der Waals surface area contributed by atoms with Crippen molar-refractivity contribution < 1.29 is 29.0 Å². The SMILES string of the molecule is CCOc1ccc(N2CC=C[C@]3(CC)O[C@]45C=CCN(C(C)C)C(=O)C4N([C@@H](CO)[C@@H](C)CC)C(=O)[C@@H]5[C@@H]3C2=O)cc1. The summed E-state index contributed by atoms with van der Waals surface area (Å²) in [6.45, 7) is 12.7. The molecule has 9 heteroatoms. The van der Waals surface area contributed by atoms with Gasteiger partial charge in [0.15, 0.2) is 0 Å². The van der Waals surface area contributed by atoms with Gasteiger partial charge < -0.3 is 29.3 Å². The van der Waals surface area contributed by atoms with Gasteiger partial charge in [0.2, 0.25) is 17.7 Å². The van der Waals surface area contributed by atoms with E-state index < -0.39 is 35.1 Å². The van der Waals surface area contributed by atoms with Crippen molar-refractivity contribution in [3.63, 3.8) is 0 Å². The summed E-state index contributed by atoms with van der Waals surface area (Å²) in [5.41, 5.74) is -1.71. The van der Waals surface area contributed by atoms with Crippen LogP contribution in [-0.2, 0) is 19.1 Å². The molecule has 228 valence electrons. The van der Waals surface area contributed by atoms with Crippen molar-refractivity contribution >= 4 is 23.4 Å². The number of hydrogen-bond donors (Lipinski definition) is 1. The van der Waals surface area contributed by atoms with Crippen molar-refractivity contribution in [2.75, 3.05) is 31.2 Å². The highest BCUT2D eigenvalue weighted by Crippen LogP contribution is 2.59. The molecule has 0 radical (unpaired) electrons. The number of nitrogens with zero attached hydrogens (tertiary/aromatic N) is 3.